The smallest absolute Gasteiger partial charge is 0.347 e. The number of aliphatic carboxylic acids is 1. The third-order valence-electron chi connectivity index (χ3n) is 3.61. The summed E-state index contributed by atoms with van der Waals surface area (Å²) < 4.78 is 0. The second-order valence-electron chi connectivity index (χ2n) is 5.03. The van der Waals surface area contributed by atoms with Crippen LogP contribution < -0.4 is 0 Å². The molecule has 0 amide bonds. The van der Waals surface area contributed by atoms with E-state index >= 15 is 0 Å². The lowest BCUT2D eigenvalue weighted by Gasteiger charge is -2.29. The molecule has 0 bridgehead atoms. The van der Waals surface area contributed by atoms with Gasteiger partial charge in [0.25, 0.3) is 0 Å². The Morgan fingerprint density at radius 3 is 2.50 bits per heavy atom. The Morgan fingerprint density at radius 2 is 2.00 bits per heavy atom. The standard InChI is InChI=1S/C13H18N2O4S/c1-8-11(13(18)19)20-10(14-8)4-7-15-5-2-9(3-6-15)12(16)17/h9H,2-7H2,1H3,(H,16,17)(H,18,19). The van der Waals surface area contributed by atoms with Gasteiger partial charge in [0, 0.05) is 13.0 Å². The fourth-order valence-electron chi connectivity index (χ4n) is 2.41. The zero-order chi connectivity index (χ0) is 14.7. The summed E-state index contributed by atoms with van der Waals surface area (Å²) in [7, 11) is 0. The summed E-state index contributed by atoms with van der Waals surface area (Å²) in [6, 6.07) is 0. The molecule has 1 aromatic rings. The summed E-state index contributed by atoms with van der Waals surface area (Å²) in [6.45, 7) is 4.08. The topological polar surface area (TPSA) is 90.7 Å². The molecule has 0 unspecified atom stereocenters. The van der Waals surface area contributed by atoms with Crippen molar-refractivity contribution in [2.75, 3.05) is 19.6 Å². The minimum Gasteiger partial charge on any atom is -0.481 e. The fourth-order valence-corrected chi connectivity index (χ4v) is 3.31. The van der Waals surface area contributed by atoms with Crippen LogP contribution in [0.3, 0.4) is 0 Å². The zero-order valence-corrected chi connectivity index (χ0v) is 12.2. The molecule has 0 spiro atoms. The van der Waals surface area contributed by atoms with Crippen molar-refractivity contribution in [2.45, 2.75) is 26.2 Å². The second-order valence-corrected chi connectivity index (χ2v) is 6.12. The molecule has 1 aliphatic heterocycles. The van der Waals surface area contributed by atoms with Crippen LogP contribution in [-0.4, -0.2) is 51.7 Å². The summed E-state index contributed by atoms with van der Waals surface area (Å²) in [5.74, 6) is -1.84. The van der Waals surface area contributed by atoms with Crippen LogP contribution in [0, 0.1) is 12.8 Å². The highest BCUT2D eigenvalue weighted by atomic mass is 32.1. The Labute approximate surface area is 121 Å². The number of likely N-dealkylation sites (tertiary alicyclic amines) is 1. The highest BCUT2D eigenvalue weighted by molar-refractivity contribution is 7.13. The Morgan fingerprint density at radius 1 is 1.35 bits per heavy atom. The zero-order valence-electron chi connectivity index (χ0n) is 11.3. The van der Waals surface area contributed by atoms with Crippen molar-refractivity contribution < 1.29 is 19.8 Å². The molecule has 0 radical (unpaired) electrons. The third-order valence-corrected chi connectivity index (χ3v) is 4.82. The van der Waals surface area contributed by atoms with Gasteiger partial charge in [-0.2, -0.15) is 0 Å². The van der Waals surface area contributed by atoms with E-state index in [2.05, 4.69) is 9.88 Å². The van der Waals surface area contributed by atoms with Crippen LogP contribution >= 0.6 is 11.3 Å². The van der Waals surface area contributed by atoms with E-state index in [1.54, 1.807) is 6.92 Å². The molecule has 20 heavy (non-hydrogen) atoms. The molecule has 2 N–H and O–H groups in total. The molecule has 1 aliphatic rings. The van der Waals surface area contributed by atoms with Crippen molar-refractivity contribution in [1.29, 1.82) is 0 Å². The van der Waals surface area contributed by atoms with Crippen LogP contribution in [0.4, 0.5) is 0 Å². The van der Waals surface area contributed by atoms with Crippen molar-refractivity contribution >= 4 is 23.3 Å². The van der Waals surface area contributed by atoms with Gasteiger partial charge < -0.3 is 15.1 Å². The van der Waals surface area contributed by atoms with E-state index in [4.69, 9.17) is 10.2 Å². The number of thiazole rings is 1. The number of carboxylic acid groups (broad SMARTS) is 2. The number of nitrogens with zero attached hydrogens (tertiary/aromatic N) is 2. The van der Waals surface area contributed by atoms with E-state index < -0.39 is 11.9 Å². The molecule has 2 rings (SSSR count). The van der Waals surface area contributed by atoms with E-state index in [0.717, 1.165) is 31.1 Å². The highest BCUT2D eigenvalue weighted by Crippen LogP contribution is 2.20. The van der Waals surface area contributed by atoms with Gasteiger partial charge in [0.2, 0.25) is 0 Å². The number of aryl methyl sites for hydroxylation is 1. The molecular formula is C13H18N2O4S. The number of hydrogen-bond donors (Lipinski definition) is 2. The van der Waals surface area contributed by atoms with Crippen LogP contribution in [-0.2, 0) is 11.2 Å². The fraction of sp³-hybridized carbons (Fsp3) is 0.615. The van der Waals surface area contributed by atoms with Gasteiger partial charge in [-0.1, -0.05) is 0 Å². The average molecular weight is 298 g/mol. The van der Waals surface area contributed by atoms with E-state index in [1.165, 1.54) is 11.3 Å². The van der Waals surface area contributed by atoms with Gasteiger partial charge >= 0.3 is 11.9 Å². The van der Waals surface area contributed by atoms with Gasteiger partial charge in [0.15, 0.2) is 0 Å². The molecule has 0 saturated carbocycles. The van der Waals surface area contributed by atoms with Crippen LogP contribution in [0.15, 0.2) is 0 Å². The minimum absolute atomic E-state index is 0.216. The van der Waals surface area contributed by atoms with Crippen LogP contribution in [0.1, 0.15) is 33.2 Å². The monoisotopic (exact) mass is 298 g/mol. The molecular weight excluding hydrogens is 280 g/mol. The van der Waals surface area contributed by atoms with E-state index in [0.29, 0.717) is 23.4 Å². The third kappa shape index (κ3) is 3.55. The number of hydrogen-bond acceptors (Lipinski definition) is 5. The molecule has 110 valence electrons. The predicted octanol–water partition coefficient (Wildman–Crippen LogP) is 1.49. The molecule has 7 heteroatoms. The van der Waals surface area contributed by atoms with Crippen molar-refractivity contribution in [2.24, 2.45) is 5.92 Å². The van der Waals surface area contributed by atoms with Gasteiger partial charge in [-0.05, 0) is 32.9 Å². The summed E-state index contributed by atoms with van der Waals surface area (Å²) in [5.41, 5.74) is 0.571. The SMILES string of the molecule is Cc1nc(CCN2CCC(C(=O)O)CC2)sc1C(=O)O. The van der Waals surface area contributed by atoms with E-state index in [1.807, 2.05) is 0 Å². The van der Waals surface area contributed by atoms with Crippen molar-refractivity contribution in [3.05, 3.63) is 15.6 Å². The number of carboxylic acids is 2. The van der Waals surface area contributed by atoms with Gasteiger partial charge in [-0.15, -0.1) is 11.3 Å². The molecule has 0 atom stereocenters. The van der Waals surface area contributed by atoms with Gasteiger partial charge in [-0.25, -0.2) is 9.78 Å². The molecule has 1 saturated heterocycles. The number of carbonyl (C=O) groups is 2. The summed E-state index contributed by atoms with van der Waals surface area (Å²) in [5, 5.41) is 18.8. The molecule has 2 heterocycles. The number of aromatic carboxylic acids is 1. The van der Waals surface area contributed by atoms with Crippen molar-refractivity contribution in [3.63, 3.8) is 0 Å². The Balaban J connectivity index is 1.83. The maximum atomic E-state index is 10.9. The normalized spacial score (nSPS) is 17.2. The van der Waals surface area contributed by atoms with Gasteiger partial charge in [-0.3, -0.25) is 4.79 Å². The van der Waals surface area contributed by atoms with E-state index in [-0.39, 0.29) is 5.92 Å². The second kappa shape index (κ2) is 6.32. The maximum absolute atomic E-state index is 10.9. The lowest BCUT2D eigenvalue weighted by atomic mass is 9.97. The molecule has 1 fully saturated rings. The molecule has 6 nitrogen and oxygen atoms in total. The summed E-state index contributed by atoms with van der Waals surface area (Å²) >= 11 is 1.23. The Bertz CT molecular complexity index is 506. The predicted molar refractivity (Wildman–Crippen MR) is 74.3 cm³/mol. The quantitative estimate of drug-likeness (QED) is 0.856. The molecule has 1 aromatic heterocycles. The molecule has 0 aromatic carbocycles. The summed E-state index contributed by atoms with van der Waals surface area (Å²) in [4.78, 5) is 28.6. The largest absolute Gasteiger partial charge is 0.481 e. The van der Waals surface area contributed by atoms with Crippen LogP contribution in [0.2, 0.25) is 0 Å². The number of aromatic nitrogens is 1. The van der Waals surface area contributed by atoms with Crippen molar-refractivity contribution in [1.82, 2.24) is 9.88 Å². The first-order chi connectivity index (χ1) is 9.47. The maximum Gasteiger partial charge on any atom is 0.347 e. The van der Waals surface area contributed by atoms with E-state index in [9.17, 15) is 9.59 Å². The van der Waals surface area contributed by atoms with Gasteiger partial charge in [0.1, 0.15) is 4.88 Å². The summed E-state index contributed by atoms with van der Waals surface area (Å²) in [6.07, 6.45) is 2.09. The Hall–Kier alpha value is -1.47. The first-order valence-electron chi connectivity index (χ1n) is 6.62. The minimum atomic E-state index is -0.923. The number of rotatable bonds is 5. The van der Waals surface area contributed by atoms with Crippen molar-refractivity contribution in [3.8, 4) is 0 Å². The van der Waals surface area contributed by atoms with Crippen LogP contribution in [0.5, 0.6) is 0 Å². The van der Waals surface area contributed by atoms with Gasteiger partial charge in [0.05, 0.1) is 16.6 Å². The first-order valence-corrected chi connectivity index (χ1v) is 7.43. The highest BCUT2D eigenvalue weighted by Gasteiger charge is 2.24. The van der Waals surface area contributed by atoms with Crippen LogP contribution in [0.25, 0.3) is 0 Å². The average Bonchev–Trinajstić information content (AvgIpc) is 2.78. The lowest BCUT2D eigenvalue weighted by Crippen LogP contribution is -2.37. The molecule has 0 aliphatic carbocycles. The Kier molecular flexibility index (Phi) is 4.72. The lowest BCUT2D eigenvalue weighted by molar-refractivity contribution is -0.143. The first kappa shape index (κ1) is 14.9. The number of piperidine rings is 1.